The summed E-state index contributed by atoms with van der Waals surface area (Å²) in [6, 6.07) is 10.1. The number of furan rings is 1. The normalized spacial score (nSPS) is 15.5. The van der Waals surface area contributed by atoms with E-state index in [1.54, 1.807) is 57.2 Å². The number of rotatable bonds is 5. The number of amides is 2. The van der Waals surface area contributed by atoms with Gasteiger partial charge in [-0.3, -0.25) is 19.3 Å². The Morgan fingerprint density at radius 3 is 2.52 bits per heavy atom. The third kappa shape index (κ3) is 5.24. The zero-order valence-electron chi connectivity index (χ0n) is 17.5. The number of carbonyl (C=O) groups excluding carboxylic acids is 4. The number of nitrogens with zero attached hydrogens (tertiary/aromatic N) is 1. The average Bonchev–Trinajstić information content (AvgIpc) is 3.26. The number of carbonyl (C=O) groups is 4. The Labute approximate surface area is 183 Å². The van der Waals surface area contributed by atoms with E-state index >= 15 is 0 Å². The fraction of sp³-hybridized carbons (Fsp3) is 0.273. The molecular weight excluding hydrogens is 422 g/mol. The van der Waals surface area contributed by atoms with Gasteiger partial charge in [-0.1, -0.05) is 18.2 Å². The second kappa shape index (κ2) is 8.81. The minimum atomic E-state index is -0.722. The van der Waals surface area contributed by atoms with E-state index in [0.29, 0.717) is 34.4 Å². The van der Waals surface area contributed by atoms with Crippen LogP contribution in [-0.2, 0) is 19.1 Å². The number of thioether (sulfide) groups is 1. The van der Waals surface area contributed by atoms with E-state index in [9.17, 15) is 19.2 Å². The molecule has 0 unspecified atom stereocenters. The van der Waals surface area contributed by atoms with Gasteiger partial charge in [0.25, 0.3) is 11.1 Å². The van der Waals surface area contributed by atoms with Crippen LogP contribution in [0.25, 0.3) is 17.4 Å². The number of ether oxygens (including phenoxy) is 2. The van der Waals surface area contributed by atoms with Crippen molar-refractivity contribution in [2.45, 2.75) is 26.4 Å². The van der Waals surface area contributed by atoms with E-state index in [4.69, 9.17) is 13.9 Å². The van der Waals surface area contributed by atoms with E-state index in [0.717, 1.165) is 4.90 Å². The van der Waals surface area contributed by atoms with Gasteiger partial charge in [-0.25, -0.2) is 4.79 Å². The molecule has 2 amide bonds. The number of esters is 2. The maximum absolute atomic E-state index is 12.6. The zero-order valence-corrected chi connectivity index (χ0v) is 18.3. The highest BCUT2D eigenvalue weighted by Gasteiger charge is 2.37. The number of hydrogen-bond donors (Lipinski definition) is 0. The Morgan fingerprint density at radius 2 is 1.84 bits per heavy atom. The van der Waals surface area contributed by atoms with Gasteiger partial charge in [0.2, 0.25) is 0 Å². The molecule has 0 saturated carbocycles. The van der Waals surface area contributed by atoms with Gasteiger partial charge < -0.3 is 13.9 Å². The molecule has 3 rings (SSSR count). The van der Waals surface area contributed by atoms with Gasteiger partial charge in [0.05, 0.1) is 17.6 Å². The number of imide groups is 1. The molecule has 2 aromatic rings. The van der Waals surface area contributed by atoms with Crippen molar-refractivity contribution in [2.24, 2.45) is 0 Å². The van der Waals surface area contributed by atoms with Gasteiger partial charge >= 0.3 is 11.9 Å². The molecule has 1 fully saturated rings. The molecule has 31 heavy (non-hydrogen) atoms. The first-order valence-corrected chi connectivity index (χ1v) is 10.2. The lowest BCUT2D eigenvalue weighted by atomic mass is 10.1. The lowest BCUT2D eigenvalue weighted by Gasteiger charge is -2.21. The molecule has 1 aliphatic rings. The van der Waals surface area contributed by atoms with Crippen LogP contribution >= 0.6 is 11.8 Å². The molecule has 0 aliphatic carbocycles. The fourth-order valence-corrected chi connectivity index (χ4v) is 3.65. The predicted molar refractivity (Wildman–Crippen MR) is 114 cm³/mol. The Morgan fingerprint density at radius 1 is 1.13 bits per heavy atom. The van der Waals surface area contributed by atoms with E-state index in [1.165, 1.54) is 13.2 Å². The molecule has 1 aromatic heterocycles. The van der Waals surface area contributed by atoms with Gasteiger partial charge in [-0.15, -0.1) is 0 Å². The molecule has 162 valence electrons. The first-order chi connectivity index (χ1) is 14.6. The molecule has 0 bridgehead atoms. The summed E-state index contributed by atoms with van der Waals surface area (Å²) in [5.74, 6) is -1.06. The fourth-order valence-electron chi connectivity index (χ4n) is 2.83. The van der Waals surface area contributed by atoms with Gasteiger partial charge in [-0.2, -0.15) is 0 Å². The van der Waals surface area contributed by atoms with E-state index < -0.39 is 35.2 Å². The molecule has 0 spiro atoms. The predicted octanol–water partition coefficient (Wildman–Crippen LogP) is 4.11. The average molecular weight is 443 g/mol. The number of hydrogen-bond acceptors (Lipinski definition) is 8. The van der Waals surface area contributed by atoms with Crippen LogP contribution in [-0.4, -0.2) is 47.2 Å². The molecular formula is C22H21NO7S. The van der Waals surface area contributed by atoms with Gasteiger partial charge in [0.15, 0.2) is 0 Å². The molecule has 8 nitrogen and oxygen atoms in total. The number of benzene rings is 1. The van der Waals surface area contributed by atoms with Gasteiger partial charge in [-0.05, 0) is 50.7 Å². The third-order valence-electron chi connectivity index (χ3n) is 4.08. The quantitative estimate of drug-likeness (QED) is 0.502. The van der Waals surface area contributed by atoms with Crippen molar-refractivity contribution in [1.82, 2.24) is 4.90 Å². The molecule has 1 saturated heterocycles. The van der Waals surface area contributed by atoms with Gasteiger partial charge in [0, 0.05) is 11.6 Å². The van der Waals surface area contributed by atoms with Crippen LogP contribution in [0, 0.1) is 0 Å². The van der Waals surface area contributed by atoms with Crippen LogP contribution < -0.4 is 0 Å². The highest BCUT2D eigenvalue weighted by molar-refractivity contribution is 8.18. The van der Waals surface area contributed by atoms with Crippen molar-refractivity contribution in [3.05, 3.63) is 52.6 Å². The first-order valence-electron chi connectivity index (χ1n) is 9.34. The zero-order chi connectivity index (χ0) is 22.8. The highest BCUT2D eigenvalue weighted by Crippen LogP contribution is 2.34. The maximum Gasteiger partial charge on any atom is 0.338 e. The second-order valence-electron chi connectivity index (χ2n) is 7.59. The van der Waals surface area contributed by atoms with Crippen LogP contribution in [0.2, 0.25) is 0 Å². The van der Waals surface area contributed by atoms with Crippen LogP contribution in [0.1, 0.15) is 36.9 Å². The van der Waals surface area contributed by atoms with Crippen molar-refractivity contribution in [2.75, 3.05) is 13.7 Å². The van der Waals surface area contributed by atoms with Crippen molar-refractivity contribution in [3.8, 4) is 11.3 Å². The summed E-state index contributed by atoms with van der Waals surface area (Å²) in [5.41, 5.74) is 0.148. The van der Waals surface area contributed by atoms with E-state index in [2.05, 4.69) is 0 Å². The number of methoxy groups -OCH3 is 1. The molecule has 0 N–H and O–H groups in total. The lowest BCUT2D eigenvalue weighted by Crippen LogP contribution is -2.37. The Balaban J connectivity index is 1.79. The van der Waals surface area contributed by atoms with Crippen molar-refractivity contribution < 1.29 is 33.1 Å². The minimum absolute atomic E-state index is 0.121. The van der Waals surface area contributed by atoms with Crippen LogP contribution in [0.4, 0.5) is 4.79 Å². The maximum atomic E-state index is 12.6. The summed E-state index contributed by atoms with van der Waals surface area (Å²) in [6.07, 6.45) is 1.42. The van der Waals surface area contributed by atoms with Crippen LogP contribution in [0.15, 0.2) is 45.7 Å². The summed E-state index contributed by atoms with van der Waals surface area (Å²) in [4.78, 5) is 49.7. The summed E-state index contributed by atoms with van der Waals surface area (Å²) >= 11 is 0.710. The first kappa shape index (κ1) is 22.4. The molecule has 0 radical (unpaired) electrons. The summed E-state index contributed by atoms with van der Waals surface area (Å²) < 4.78 is 15.7. The van der Waals surface area contributed by atoms with Crippen LogP contribution in [0.5, 0.6) is 0 Å². The summed E-state index contributed by atoms with van der Waals surface area (Å²) in [7, 11) is 1.29. The lowest BCUT2D eigenvalue weighted by molar-refractivity contribution is -0.156. The smallest absolute Gasteiger partial charge is 0.338 e. The third-order valence-corrected chi connectivity index (χ3v) is 4.99. The Hall–Kier alpha value is -3.33. The molecule has 2 heterocycles. The monoisotopic (exact) mass is 443 g/mol. The highest BCUT2D eigenvalue weighted by atomic mass is 32.2. The van der Waals surface area contributed by atoms with Crippen molar-refractivity contribution in [1.29, 1.82) is 0 Å². The van der Waals surface area contributed by atoms with E-state index in [1.807, 2.05) is 0 Å². The second-order valence-corrected chi connectivity index (χ2v) is 8.59. The van der Waals surface area contributed by atoms with Gasteiger partial charge in [0.1, 0.15) is 23.7 Å². The largest absolute Gasteiger partial charge is 0.465 e. The SMILES string of the molecule is COC(=O)c1ccccc1-c1ccc(/C=C2/SC(=O)N(CC(=O)OC(C)(C)C)C2=O)o1. The topological polar surface area (TPSA) is 103 Å². The molecule has 1 aromatic carbocycles. The standard InChI is InChI=1S/C22H21NO7S/c1-22(2,3)30-18(24)12-23-19(25)17(31-21(23)27)11-13-9-10-16(29-13)14-7-5-6-8-15(14)20(26)28-4/h5-11H,12H2,1-4H3/b17-11+. The van der Waals surface area contributed by atoms with Crippen molar-refractivity contribution >= 4 is 40.9 Å². The van der Waals surface area contributed by atoms with Crippen LogP contribution in [0.3, 0.4) is 0 Å². The Kier molecular flexibility index (Phi) is 6.35. The molecule has 9 heteroatoms. The summed E-state index contributed by atoms with van der Waals surface area (Å²) in [6.45, 7) is 4.64. The minimum Gasteiger partial charge on any atom is -0.465 e. The molecule has 0 atom stereocenters. The van der Waals surface area contributed by atoms with E-state index in [-0.39, 0.29) is 4.91 Å². The summed E-state index contributed by atoms with van der Waals surface area (Å²) in [5, 5.41) is -0.565. The molecule has 1 aliphatic heterocycles. The van der Waals surface area contributed by atoms with Crippen molar-refractivity contribution in [3.63, 3.8) is 0 Å². The Bertz CT molecular complexity index is 1080.